The van der Waals surface area contributed by atoms with Gasteiger partial charge in [0.1, 0.15) is 5.82 Å². The van der Waals surface area contributed by atoms with Crippen molar-refractivity contribution in [2.45, 2.75) is 31.2 Å². The Hall–Kier alpha value is -2.77. The average Bonchev–Trinajstić information content (AvgIpc) is 3.42. The standard InChI is InChI=1S/C20H27N5O6S2/c1-14-22-18(12-24(14)2)33(29,30)25-9-6-15(7-10-25)19(27)31-13-17(26)23-20(28)21-8-5-16-4-3-11-32-16/h3-4,11-12,15H,5-10,13H2,1-2H3,(H2,21,23,26,28). The Morgan fingerprint density at radius 1 is 1.27 bits per heavy atom. The second-order valence-corrected chi connectivity index (χ2v) is 10.6. The molecular weight excluding hydrogens is 470 g/mol. The van der Waals surface area contributed by atoms with E-state index in [1.165, 1.54) is 10.5 Å². The van der Waals surface area contributed by atoms with Crippen molar-refractivity contribution >= 4 is 39.3 Å². The highest BCUT2D eigenvalue weighted by atomic mass is 32.2. The van der Waals surface area contributed by atoms with Crippen molar-refractivity contribution in [2.75, 3.05) is 26.2 Å². The van der Waals surface area contributed by atoms with Gasteiger partial charge in [-0.15, -0.1) is 11.3 Å². The molecule has 3 heterocycles. The van der Waals surface area contributed by atoms with Crippen LogP contribution in [-0.2, 0) is 37.8 Å². The highest BCUT2D eigenvalue weighted by molar-refractivity contribution is 7.89. The molecule has 180 valence electrons. The van der Waals surface area contributed by atoms with Crippen LogP contribution >= 0.6 is 11.3 Å². The molecule has 0 aliphatic carbocycles. The number of sulfonamides is 1. The lowest BCUT2D eigenvalue weighted by atomic mass is 9.98. The summed E-state index contributed by atoms with van der Waals surface area (Å²) in [6.07, 6.45) is 2.66. The van der Waals surface area contributed by atoms with Gasteiger partial charge in [0.2, 0.25) is 0 Å². The van der Waals surface area contributed by atoms with E-state index in [2.05, 4.69) is 15.6 Å². The number of piperidine rings is 1. The maximum absolute atomic E-state index is 12.7. The van der Waals surface area contributed by atoms with Crippen LogP contribution in [0.25, 0.3) is 0 Å². The van der Waals surface area contributed by atoms with Gasteiger partial charge >= 0.3 is 12.0 Å². The molecule has 0 bridgehead atoms. The van der Waals surface area contributed by atoms with Gasteiger partial charge in [0.05, 0.1) is 5.92 Å². The lowest BCUT2D eigenvalue weighted by molar-refractivity contribution is -0.153. The fourth-order valence-corrected chi connectivity index (χ4v) is 5.53. The highest BCUT2D eigenvalue weighted by Gasteiger charge is 2.34. The first kappa shape index (κ1) is 24.9. The van der Waals surface area contributed by atoms with Gasteiger partial charge in [-0.05, 0) is 37.6 Å². The minimum absolute atomic E-state index is 0.0196. The summed E-state index contributed by atoms with van der Waals surface area (Å²) < 4.78 is 33.4. The summed E-state index contributed by atoms with van der Waals surface area (Å²) in [5.74, 6) is -1.26. The van der Waals surface area contributed by atoms with Crippen molar-refractivity contribution in [3.05, 3.63) is 34.4 Å². The molecule has 3 rings (SSSR count). The van der Waals surface area contributed by atoms with Crippen LogP contribution < -0.4 is 10.6 Å². The molecule has 2 aromatic heterocycles. The first-order chi connectivity index (χ1) is 15.7. The van der Waals surface area contributed by atoms with E-state index in [1.54, 1.807) is 29.9 Å². The molecular formula is C20H27N5O6S2. The molecule has 0 aromatic carbocycles. The van der Waals surface area contributed by atoms with Crippen LogP contribution in [0.15, 0.2) is 28.7 Å². The number of esters is 1. The monoisotopic (exact) mass is 497 g/mol. The van der Waals surface area contributed by atoms with Crippen LogP contribution in [0, 0.1) is 12.8 Å². The maximum Gasteiger partial charge on any atom is 0.321 e. The fraction of sp³-hybridized carbons (Fsp3) is 0.500. The minimum atomic E-state index is -3.73. The second kappa shape index (κ2) is 10.9. The molecule has 11 nitrogen and oxygen atoms in total. The summed E-state index contributed by atoms with van der Waals surface area (Å²) in [7, 11) is -2.02. The largest absolute Gasteiger partial charge is 0.455 e. The predicted octanol–water partition coefficient (Wildman–Crippen LogP) is 0.802. The van der Waals surface area contributed by atoms with E-state index in [1.807, 2.05) is 17.5 Å². The maximum atomic E-state index is 12.7. The van der Waals surface area contributed by atoms with Crippen molar-refractivity contribution in [3.63, 3.8) is 0 Å². The Balaban J connectivity index is 1.37. The molecule has 2 aromatic rings. The number of thiophene rings is 1. The summed E-state index contributed by atoms with van der Waals surface area (Å²) in [4.78, 5) is 41.1. The Morgan fingerprint density at radius 3 is 2.61 bits per heavy atom. The van der Waals surface area contributed by atoms with E-state index in [0.29, 0.717) is 18.8 Å². The quantitative estimate of drug-likeness (QED) is 0.514. The SMILES string of the molecule is Cc1nc(S(=O)(=O)N2CCC(C(=O)OCC(=O)NC(=O)NCCc3cccs3)CC2)cn1C. The molecule has 0 unspecified atom stereocenters. The van der Waals surface area contributed by atoms with Gasteiger partial charge in [-0.1, -0.05) is 6.07 Å². The lowest BCUT2D eigenvalue weighted by Gasteiger charge is -2.29. The third kappa shape index (κ3) is 6.62. The number of aryl methyl sites for hydroxylation is 2. The minimum Gasteiger partial charge on any atom is -0.455 e. The molecule has 2 N–H and O–H groups in total. The number of carbonyl (C=O) groups is 3. The number of nitrogens with one attached hydrogen (secondary N) is 2. The van der Waals surface area contributed by atoms with Gasteiger partial charge in [0.25, 0.3) is 15.9 Å². The number of aromatic nitrogens is 2. The normalized spacial score (nSPS) is 15.2. The van der Waals surface area contributed by atoms with E-state index >= 15 is 0 Å². The smallest absolute Gasteiger partial charge is 0.321 e. The first-order valence-corrected chi connectivity index (χ1v) is 12.8. The molecule has 13 heteroatoms. The number of urea groups is 1. The summed E-state index contributed by atoms with van der Waals surface area (Å²) >= 11 is 1.58. The third-order valence-corrected chi connectivity index (χ3v) is 8.02. The Labute approximate surface area is 196 Å². The van der Waals surface area contributed by atoms with E-state index in [9.17, 15) is 22.8 Å². The zero-order chi connectivity index (χ0) is 24.0. The Morgan fingerprint density at radius 2 is 2.00 bits per heavy atom. The second-order valence-electron chi connectivity index (χ2n) is 7.66. The van der Waals surface area contributed by atoms with Crippen LogP contribution in [0.1, 0.15) is 23.5 Å². The van der Waals surface area contributed by atoms with Crippen molar-refractivity contribution in [3.8, 4) is 0 Å². The van der Waals surface area contributed by atoms with Gasteiger partial charge in [-0.25, -0.2) is 18.2 Å². The van der Waals surface area contributed by atoms with Crippen LogP contribution in [-0.4, -0.2) is 66.4 Å². The number of nitrogens with zero attached hydrogens (tertiary/aromatic N) is 3. The number of carbonyl (C=O) groups excluding carboxylic acids is 3. The van der Waals surface area contributed by atoms with Crippen LogP contribution in [0.5, 0.6) is 0 Å². The molecule has 0 atom stereocenters. The van der Waals surface area contributed by atoms with Crippen molar-refractivity contribution in [1.29, 1.82) is 0 Å². The molecule has 33 heavy (non-hydrogen) atoms. The van der Waals surface area contributed by atoms with Gasteiger partial charge in [0, 0.05) is 37.8 Å². The molecule has 1 aliphatic rings. The Kier molecular flexibility index (Phi) is 8.21. The van der Waals surface area contributed by atoms with E-state index in [4.69, 9.17) is 4.74 Å². The highest BCUT2D eigenvalue weighted by Crippen LogP contribution is 2.24. The number of imidazole rings is 1. The van der Waals surface area contributed by atoms with Crippen molar-refractivity contribution in [1.82, 2.24) is 24.5 Å². The summed E-state index contributed by atoms with van der Waals surface area (Å²) in [5.41, 5.74) is 0. The van der Waals surface area contributed by atoms with Gasteiger partial charge in [-0.2, -0.15) is 4.31 Å². The number of rotatable bonds is 8. The number of imide groups is 1. The zero-order valence-electron chi connectivity index (χ0n) is 18.4. The average molecular weight is 498 g/mol. The van der Waals surface area contributed by atoms with Gasteiger partial charge < -0.3 is 14.6 Å². The van der Waals surface area contributed by atoms with Crippen molar-refractivity contribution < 1.29 is 27.5 Å². The fourth-order valence-electron chi connectivity index (χ4n) is 3.33. The molecule has 1 aliphatic heterocycles. The van der Waals surface area contributed by atoms with Crippen LogP contribution in [0.3, 0.4) is 0 Å². The molecule has 1 fully saturated rings. The van der Waals surface area contributed by atoms with E-state index < -0.39 is 40.5 Å². The predicted molar refractivity (Wildman–Crippen MR) is 120 cm³/mol. The van der Waals surface area contributed by atoms with E-state index in [0.717, 1.165) is 4.88 Å². The molecule has 0 radical (unpaired) electrons. The van der Waals surface area contributed by atoms with Crippen LogP contribution in [0.4, 0.5) is 4.79 Å². The summed E-state index contributed by atoms with van der Waals surface area (Å²) in [6.45, 7) is 1.81. The van der Waals surface area contributed by atoms with Gasteiger partial charge in [0.15, 0.2) is 11.6 Å². The van der Waals surface area contributed by atoms with Gasteiger partial charge in [-0.3, -0.25) is 14.9 Å². The third-order valence-electron chi connectivity index (χ3n) is 5.31. The lowest BCUT2D eigenvalue weighted by Crippen LogP contribution is -2.43. The topological polar surface area (TPSA) is 140 Å². The number of amides is 3. The summed E-state index contributed by atoms with van der Waals surface area (Å²) in [5, 5.41) is 6.60. The first-order valence-electron chi connectivity index (χ1n) is 10.4. The number of hydrogen-bond acceptors (Lipinski definition) is 8. The molecule has 3 amide bonds. The van der Waals surface area contributed by atoms with E-state index in [-0.39, 0.29) is 31.0 Å². The molecule has 0 saturated carbocycles. The molecule has 1 saturated heterocycles. The molecule has 0 spiro atoms. The van der Waals surface area contributed by atoms with Crippen molar-refractivity contribution in [2.24, 2.45) is 13.0 Å². The summed E-state index contributed by atoms with van der Waals surface area (Å²) in [6, 6.07) is 3.21. The van der Waals surface area contributed by atoms with Crippen LogP contribution in [0.2, 0.25) is 0 Å². The zero-order valence-corrected chi connectivity index (χ0v) is 20.1. The number of hydrogen-bond donors (Lipinski definition) is 2. The number of ether oxygens (including phenoxy) is 1. The Bertz CT molecular complexity index is 1070.